The van der Waals surface area contributed by atoms with Gasteiger partial charge in [0, 0.05) is 12.2 Å². The standard InChI is InChI=1S/C11H12ClN3S/c12-10-8(7-13)1-4-14-11(10)15-9-2-5-16-6-3-9/h1,4,9H,2-3,5-6H2,(H,14,15). The molecule has 16 heavy (non-hydrogen) atoms. The van der Waals surface area contributed by atoms with E-state index in [1.54, 1.807) is 12.3 Å². The smallest absolute Gasteiger partial charge is 0.146 e. The van der Waals surface area contributed by atoms with Gasteiger partial charge in [0.2, 0.25) is 0 Å². The molecule has 0 aromatic carbocycles. The lowest BCUT2D eigenvalue weighted by Crippen LogP contribution is -2.25. The third-order valence-corrected chi connectivity index (χ3v) is 4.00. The van der Waals surface area contributed by atoms with Crippen molar-refractivity contribution in [1.29, 1.82) is 5.26 Å². The van der Waals surface area contributed by atoms with E-state index in [1.807, 2.05) is 11.8 Å². The third kappa shape index (κ3) is 2.60. The fraction of sp³-hybridized carbons (Fsp3) is 0.455. The molecule has 1 aliphatic rings. The van der Waals surface area contributed by atoms with Crippen LogP contribution in [0.3, 0.4) is 0 Å². The highest BCUT2D eigenvalue weighted by molar-refractivity contribution is 7.99. The molecule has 0 bridgehead atoms. The van der Waals surface area contributed by atoms with Gasteiger partial charge in [-0.2, -0.15) is 17.0 Å². The minimum atomic E-state index is 0.431. The van der Waals surface area contributed by atoms with Crippen molar-refractivity contribution in [3.05, 3.63) is 22.8 Å². The van der Waals surface area contributed by atoms with Gasteiger partial charge in [-0.1, -0.05) is 11.6 Å². The van der Waals surface area contributed by atoms with E-state index in [0.717, 1.165) is 12.8 Å². The summed E-state index contributed by atoms with van der Waals surface area (Å²) in [4.78, 5) is 4.18. The molecule has 0 aliphatic carbocycles. The Kier molecular flexibility index (Phi) is 3.92. The van der Waals surface area contributed by atoms with Gasteiger partial charge in [-0.3, -0.25) is 0 Å². The predicted molar refractivity (Wildman–Crippen MR) is 67.9 cm³/mol. The van der Waals surface area contributed by atoms with Crippen LogP contribution in [0.1, 0.15) is 18.4 Å². The maximum Gasteiger partial charge on any atom is 0.146 e. The van der Waals surface area contributed by atoms with Crippen molar-refractivity contribution in [2.45, 2.75) is 18.9 Å². The quantitative estimate of drug-likeness (QED) is 0.881. The average molecular weight is 254 g/mol. The molecule has 1 aromatic heterocycles. The van der Waals surface area contributed by atoms with Crippen LogP contribution in [-0.4, -0.2) is 22.5 Å². The van der Waals surface area contributed by atoms with Gasteiger partial charge in [0.25, 0.3) is 0 Å². The first kappa shape index (κ1) is 11.6. The number of hydrogen-bond donors (Lipinski definition) is 1. The summed E-state index contributed by atoms with van der Waals surface area (Å²) in [5.41, 5.74) is 0.476. The highest BCUT2D eigenvalue weighted by atomic mass is 35.5. The molecule has 0 atom stereocenters. The van der Waals surface area contributed by atoms with Gasteiger partial charge in [-0.05, 0) is 30.4 Å². The Labute approximate surface area is 104 Å². The third-order valence-electron chi connectivity index (χ3n) is 2.57. The zero-order valence-corrected chi connectivity index (χ0v) is 10.3. The summed E-state index contributed by atoms with van der Waals surface area (Å²) in [6, 6.07) is 4.12. The highest BCUT2D eigenvalue weighted by Crippen LogP contribution is 2.26. The van der Waals surface area contributed by atoms with E-state index in [4.69, 9.17) is 16.9 Å². The second kappa shape index (κ2) is 5.42. The minimum absolute atomic E-state index is 0.431. The van der Waals surface area contributed by atoms with E-state index in [2.05, 4.69) is 16.4 Å². The molecule has 0 spiro atoms. The molecule has 0 unspecified atom stereocenters. The van der Waals surface area contributed by atoms with Crippen molar-refractivity contribution < 1.29 is 0 Å². The molecule has 0 radical (unpaired) electrons. The lowest BCUT2D eigenvalue weighted by atomic mass is 10.1. The van der Waals surface area contributed by atoms with E-state index >= 15 is 0 Å². The van der Waals surface area contributed by atoms with Gasteiger partial charge in [0.15, 0.2) is 0 Å². The van der Waals surface area contributed by atoms with Crippen molar-refractivity contribution in [2.75, 3.05) is 16.8 Å². The summed E-state index contributed by atoms with van der Waals surface area (Å²) >= 11 is 8.05. The van der Waals surface area contributed by atoms with Crippen LogP contribution in [0, 0.1) is 11.3 Å². The van der Waals surface area contributed by atoms with Gasteiger partial charge in [0.1, 0.15) is 16.9 Å². The number of thioether (sulfide) groups is 1. The highest BCUT2D eigenvalue weighted by Gasteiger charge is 2.16. The van der Waals surface area contributed by atoms with E-state index in [-0.39, 0.29) is 0 Å². The Hall–Kier alpha value is -0.920. The van der Waals surface area contributed by atoms with Crippen LogP contribution in [-0.2, 0) is 0 Å². The van der Waals surface area contributed by atoms with Crippen LogP contribution < -0.4 is 5.32 Å². The molecule has 1 fully saturated rings. The molecular formula is C11H12ClN3S. The summed E-state index contributed by atoms with van der Waals surface area (Å²) in [6.07, 6.45) is 3.86. The van der Waals surface area contributed by atoms with Crippen LogP contribution in [0.2, 0.25) is 5.02 Å². The SMILES string of the molecule is N#Cc1ccnc(NC2CCSCC2)c1Cl. The van der Waals surface area contributed by atoms with E-state index < -0.39 is 0 Å². The summed E-state index contributed by atoms with van der Waals surface area (Å²) in [5, 5.41) is 12.6. The van der Waals surface area contributed by atoms with Crippen LogP contribution in [0.15, 0.2) is 12.3 Å². The molecule has 0 amide bonds. The van der Waals surface area contributed by atoms with Crippen LogP contribution in [0.25, 0.3) is 0 Å². The van der Waals surface area contributed by atoms with E-state index in [9.17, 15) is 0 Å². The maximum absolute atomic E-state index is 8.86. The number of nitrogens with zero attached hydrogens (tertiary/aromatic N) is 2. The molecule has 2 rings (SSSR count). The number of nitrogens with one attached hydrogen (secondary N) is 1. The molecule has 1 N–H and O–H groups in total. The first-order valence-electron chi connectivity index (χ1n) is 5.20. The van der Waals surface area contributed by atoms with Crippen molar-refractivity contribution in [3.63, 3.8) is 0 Å². The van der Waals surface area contributed by atoms with Gasteiger partial charge in [-0.25, -0.2) is 4.98 Å². The van der Waals surface area contributed by atoms with Crippen LogP contribution in [0.5, 0.6) is 0 Å². The Bertz CT molecular complexity index is 410. The largest absolute Gasteiger partial charge is 0.366 e. The fourth-order valence-corrected chi connectivity index (χ4v) is 2.98. The summed E-state index contributed by atoms with van der Waals surface area (Å²) < 4.78 is 0. The van der Waals surface area contributed by atoms with Gasteiger partial charge < -0.3 is 5.32 Å². The second-order valence-corrected chi connectivity index (χ2v) is 5.27. The lowest BCUT2D eigenvalue weighted by molar-refractivity contribution is 0.664. The van der Waals surface area contributed by atoms with Crippen molar-refractivity contribution in [3.8, 4) is 6.07 Å². The zero-order valence-electron chi connectivity index (χ0n) is 8.74. The summed E-state index contributed by atoms with van der Waals surface area (Å²) in [6.45, 7) is 0. The molecule has 5 heteroatoms. The molecule has 0 saturated carbocycles. The number of aromatic nitrogens is 1. The number of halogens is 1. The Morgan fingerprint density at radius 3 is 2.94 bits per heavy atom. The lowest BCUT2D eigenvalue weighted by Gasteiger charge is -2.23. The maximum atomic E-state index is 8.86. The Balaban J connectivity index is 2.12. The van der Waals surface area contributed by atoms with Crippen molar-refractivity contribution in [1.82, 2.24) is 4.98 Å². The first-order valence-corrected chi connectivity index (χ1v) is 6.73. The first-order chi connectivity index (χ1) is 7.81. The zero-order chi connectivity index (χ0) is 11.4. The number of anilines is 1. The Morgan fingerprint density at radius 1 is 1.50 bits per heavy atom. The number of pyridine rings is 1. The monoisotopic (exact) mass is 253 g/mol. The number of rotatable bonds is 2. The van der Waals surface area contributed by atoms with Crippen LogP contribution in [0.4, 0.5) is 5.82 Å². The predicted octanol–water partition coefficient (Wildman–Crippen LogP) is 2.91. The Morgan fingerprint density at radius 2 is 2.25 bits per heavy atom. The van der Waals surface area contributed by atoms with Crippen molar-refractivity contribution in [2.24, 2.45) is 0 Å². The molecule has 1 saturated heterocycles. The molecule has 1 aliphatic heterocycles. The molecule has 3 nitrogen and oxygen atoms in total. The fourth-order valence-electron chi connectivity index (χ4n) is 1.67. The van der Waals surface area contributed by atoms with Crippen LogP contribution >= 0.6 is 23.4 Å². The normalized spacial score (nSPS) is 16.8. The molecule has 84 valence electrons. The average Bonchev–Trinajstić information content (AvgIpc) is 2.33. The summed E-state index contributed by atoms with van der Waals surface area (Å²) in [5.74, 6) is 2.98. The second-order valence-electron chi connectivity index (χ2n) is 3.66. The molecule has 1 aromatic rings. The molecular weight excluding hydrogens is 242 g/mol. The number of nitriles is 1. The van der Waals surface area contributed by atoms with Crippen molar-refractivity contribution >= 4 is 29.2 Å². The van der Waals surface area contributed by atoms with Gasteiger partial charge in [-0.15, -0.1) is 0 Å². The topological polar surface area (TPSA) is 48.7 Å². The van der Waals surface area contributed by atoms with E-state index in [1.165, 1.54) is 11.5 Å². The summed E-state index contributed by atoms with van der Waals surface area (Å²) in [7, 11) is 0. The minimum Gasteiger partial charge on any atom is -0.366 e. The van der Waals surface area contributed by atoms with Gasteiger partial charge >= 0.3 is 0 Å². The molecule has 2 heterocycles. The number of hydrogen-bond acceptors (Lipinski definition) is 4. The van der Waals surface area contributed by atoms with E-state index in [0.29, 0.717) is 22.4 Å². The van der Waals surface area contributed by atoms with Gasteiger partial charge in [0.05, 0.1) is 5.56 Å².